The van der Waals surface area contributed by atoms with Crippen molar-refractivity contribution in [2.24, 2.45) is 0 Å². The third-order valence-electron chi connectivity index (χ3n) is 2.79. The van der Waals surface area contributed by atoms with Crippen molar-refractivity contribution in [3.63, 3.8) is 0 Å². The molecule has 0 spiro atoms. The molecule has 0 saturated carbocycles. The van der Waals surface area contributed by atoms with Gasteiger partial charge < -0.3 is 15.4 Å². The van der Waals surface area contributed by atoms with Crippen LogP contribution in [0.5, 0.6) is 5.75 Å². The molecular weight excluding hydrogens is 286 g/mol. The second-order valence-corrected chi connectivity index (χ2v) is 6.10. The minimum atomic E-state index is 0.0717. The van der Waals surface area contributed by atoms with E-state index in [1.54, 1.807) is 18.9 Å². The first kappa shape index (κ1) is 15.4. The minimum absolute atomic E-state index is 0.0717. The monoisotopic (exact) mass is 305 g/mol. The molecule has 0 bridgehead atoms. The van der Waals surface area contributed by atoms with Crippen LogP contribution in [-0.2, 0) is 0 Å². The lowest BCUT2D eigenvalue weighted by molar-refractivity contribution is 0.414. The third kappa shape index (κ3) is 3.98. The van der Waals surface area contributed by atoms with Crippen LogP contribution in [0.2, 0.25) is 0 Å². The summed E-state index contributed by atoms with van der Waals surface area (Å²) in [5.41, 5.74) is 5.75. The summed E-state index contributed by atoms with van der Waals surface area (Å²) in [6.07, 6.45) is 0. The van der Waals surface area contributed by atoms with Gasteiger partial charge in [-0.05, 0) is 31.2 Å². The average Bonchev–Trinajstić information content (AvgIpc) is 2.47. The van der Waals surface area contributed by atoms with Gasteiger partial charge in [-0.3, -0.25) is 0 Å². The molecule has 0 fully saturated rings. The van der Waals surface area contributed by atoms with E-state index in [2.05, 4.69) is 15.0 Å². The van der Waals surface area contributed by atoms with Crippen LogP contribution < -0.4 is 15.4 Å². The van der Waals surface area contributed by atoms with Gasteiger partial charge in [-0.25, -0.2) is 0 Å². The first-order valence-corrected chi connectivity index (χ1v) is 7.37. The van der Waals surface area contributed by atoms with E-state index in [0.717, 1.165) is 10.6 Å². The number of aromatic nitrogens is 3. The number of thioether (sulfide) groups is 1. The standard InChI is InChI=1S/C14H19N5OS/c1-9(21-11-7-5-10(20-4)6-8-11)12-16-13(15)18-14(17-12)19(2)3/h5-9H,1-4H3,(H2,15,16,17,18). The molecule has 1 atom stereocenters. The van der Waals surface area contributed by atoms with Crippen molar-refractivity contribution in [2.75, 3.05) is 31.8 Å². The number of nitrogen functional groups attached to an aromatic ring is 1. The van der Waals surface area contributed by atoms with E-state index in [4.69, 9.17) is 10.5 Å². The maximum Gasteiger partial charge on any atom is 0.229 e. The predicted octanol–water partition coefficient (Wildman–Crippen LogP) is 2.38. The van der Waals surface area contributed by atoms with Crippen molar-refractivity contribution in [1.82, 2.24) is 15.0 Å². The van der Waals surface area contributed by atoms with Gasteiger partial charge in [0, 0.05) is 19.0 Å². The number of ether oxygens (including phenoxy) is 1. The van der Waals surface area contributed by atoms with E-state index < -0.39 is 0 Å². The SMILES string of the molecule is COc1ccc(SC(C)c2nc(N)nc(N(C)C)n2)cc1. The average molecular weight is 305 g/mol. The highest BCUT2D eigenvalue weighted by molar-refractivity contribution is 7.99. The Labute approximate surface area is 128 Å². The maximum atomic E-state index is 5.75. The molecule has 21 heavy (non-hydrogen) atoms. The molecular formula is C14H19N5OS. The first-order chi connectivity index (χ1) is 9.99. The number of benzene rings is 1. The summed E-state index contributed by atoms with van der Waals surface area (Å²) in [6.45, 7) is 2.04. The summed E-state index contributed by atoms with van der Waals surface area (Å²) in [4.78, 5) is 15.7. The van der Waals surface area contributed by atoms with E-state index >= 15 is 0 Å². The lowest BCUT2D eigenvalue weighted by Crippen LogP contribution is -2.16. The van der Waals surface area contributed by atoms with Crippen molar-refractivity contribution < 1.29 is 4.74 Å². The zero-order valence-electron chi connectivity index (χ0n) is 12.6. The van der Waals surface area contributed by atoms with Crippen LogP contribution >= 0.6 is 11.8 Å². The van der Waals surface area contributed by atoms with E-state index in [9.17, 15) is 0 Å². The van der Waals surface area contributed by atoms with Crippen molar-refractivity contribution in [2.45, 2.75) is 17.1 Å². The second kappa shape index (κ2) is 6.62. The van der Waals surface area contributed by atoms with Gasteiger partial charge in [-0.2, -0.15) is 15.0 Å². The molecule has 0 amide bonds. The molecule has 0 saturated heterocycles. The number of methoxy groups -OCH3 is 1. The topological polar surface area (TPSA) is 77.2 Å². The third-order valence-corrected chi connectivity index (χ3v) is 3.90. The fourth-order valence-corrected chi connectivity index (χ4v) is 2.60. The van der Waals surface area contributed by atoms with Crippen molar-refractivity contribution in [3.05, 3.63) is 30.1 Å². The molecule has 1 heterocycles. The molecule has 1 unspecified atom stereocenters. The fraction of sp³-hybridized carbons (Fsp3) is 0.357. The van der Waals surface area contributed by atoms with Crippen LogP contribution in [0.25, 0.3) is 0 Å². The Bertz CT molecular complexity index is 603. The number of hydrogen-bond acceptors (Lipinski definition) is 7. The summed E-state index contributed by atoms with van der Waals surface area (Å²) in [6, 6.07) is 7.89. The number of nitrogens with zero attached hydrogens (tertiary/aromatic N) is 4. The van der Waals surface area contributed by atoms with Gasteiger partial charge in [0.05, 0.1) is 12.4 Å². The van der Waals surface area contributed by atoms with Gasteiger partial charge in [-0.15, -0.1) is 11.8 Å². The zero-order chi connectivity index (χ0) is 15.4. The summed E-state index contributed by atoms with van der Waals surface area (Å²) in [7, 11) is 5.40. The Morgan fingerprint density at radius 1 is 1.14 bits per heavy atom. The quantitative estimate of drug-likeness (QED) is 0.850. The first-order valence-electron chi connectivity index (χ1n) is 6.49. The van der Waals surface area contributed by atoms with Crippen LogP contribution in [0.4, 0.5) is 11.9 Å². The normalized spacial score (nSPS) is 12.0. The highest BCUT2D eigenvalue weighted by Gasteiger charge is 2.14. The fourth-order valence-electron chi connectivity index (χ4n) is 1.69. The van der Waals surface area contributed by atoms with Crippen LogP contribution in [0.15, 0.2) is 29.2 Å². The summed E-state index contributed by atoms with van der Waals surface area (Å²) < 4.78 is 5.15. The van der Waals surface area contributed by atoms with E-state index in [-0.39, 0.29) is 11.2 Å². The Hall–Kier alpha value is -2.02. The summed E-state index contributed by atoms with van der Waals surface area (Å²) >= 11 is 1.66. The van der Waals surface area contributed by atoms with Crippen LogP contribution in [0, 0.1) is 0 Å². The van der Waals surface area contributed by atoms with Gasteiger partial charge in [0.25, 0.3) is 0 Å². The van der Waals surface area contributed by atoms with Crippen molar-refractivity contribution in [3.8, 4) is 5.75 Å². The number of rotatable bonds is 5. The van der Waals surface area contributed by atoms with Crippen molar-refractivity contribution >= 4 is 23.7 Å². The number of hydrogen-bond donors (Lipinski definition) is 1. The largest absolute Gasteiger partial charge is 0.497 e. The van der Waals surface area contributed by atoms with Crippen LogP contribution in [-0.4, -0.2) is 36.2 Å². The van der Waals surface area contributed by atoms with Gasteiger partial charge in [0.2, 0.25) is 11.9 Å². The Kier molecular flexibility index (Phi) is 4.85. The molecule has 0 radical (unpaired) electrons. The Morgan fingerprint density at radius 3 is 2.38 bits per heavy atom. The molecule has 2 aromatic rings. The molecule has 0 aliphatic rings. The highest BCUT2D eigenvalue weighted by Crippen LogP contribution is 2.34. The number of anilines is 2. The van der Waals surface area contributed by atoms with E-state index in [1.165, 1.54) is 0 Å². The Morgan fingerprint density at radius 2 is 1.81 bits per heavy atom. The minimum Gasteiger partial charge on any atom is -0.497 e. The van der Waals surface area contributed by atoms with Crippen LogP contribution in [0.1, 0.15) is 18.0 Å². The lowest BCUT2D eigenvalue weighted by Gasteiger charge is -2.14. The van der Waals surface area contributed by atoms with Gasteiger partial charge in [-0.1, -0.05) is 0 Å². The highest BCUT2D eigenvalue weighted by atomic mass is 32.2. The lowest BCUT2D eigenvalue weighted by atomic mass is 10.3. The molecule has 1 aromatic heterocycles. The van der Waals surface area contributed by atoms with Crippen molar-refractivity contribution in [1.29, 1.82) is 0 Å². The molecule has 0 aliphatic heterocycles. The Balaban J connectivity index is 2.17. The number of nitrogens with two attached hydrogens (primary N) is 1. The molecule has 112 valence electrons. The summed E-state index contributed by atoms with van der Waals surface area (Å²) in [5.74, 6) is 2.32. The van der Waals surface area contributed by atoms with Gasteiger partial charge >= 0.3 is 0 Å². The van der Waals surface area contributed by atoms with E-state index in [1.807, 2.05) is 50.2 Å². The van der Waals surface area contributed by atoms with Gasteiger partial charge in [0.15, 0.2) is 0 Å². The maximum absolute atomic E-state index is 5.75. The van der Waals surface area contributed by atoms with Crippen LogP contribution in [0.3, 0.4) is 0 Å². The molecule has 1 aromatic carbocycles. The second-order valence-electron chi connectivity index (χ2n) is 4.68. The molecule has 2 N–H and O–H groups in total. The summed E-state index contributed by atoms with van der Waals surface area (Å²) in [5, 5.41) is 0.0717. The molecule has 0 aliphatic carbocycles. The molecule has 6 nitrogen and oxygen atoms in total. The smallest absolute Gasteiger partial charge is 0.229 e. The van der Waals surface area contributed by atoms with Gasteiger partial charge in [0.1, 0.15) is 11.6 Å². The van der Waals surface area contributed by atoms with E-state index in [0.29, 0.717) is 11.8 Å². The predicted molar refractivity (Wildman–Crippen MR) is 85.8 cm³/mol. The zero-order valence-corrected chi connectivity index (χ0v) is 13.4. The molecule has 2 rings (SSSR count). The molecule has 7 heteroatoms.